The topological polar surface area (TPSA) is 63.8 Å². The van der Waals surface area contributed by atoms with Gasteiger partial charge in [0.25, 0.3) is 5.91 Å². The molecule has 3 rings (SSSR count). The molecule has 0 unspecified atom stereocenters. The second-order valence-corrected chi connectivity index (χ2v) is 5.58. The predicted octanol–water partition coefficient (Wildman–Crippen LogP) is 3.33. The lowest BCUT2D eigenvalue weighted by molar-refractivity contribution is -0.115. The number of rotatable bonds is 4. The van der Waals surface area contributed by atoms with Crippen molar-refractivity contribution in [3.8, 4) is 5.75 Å². The minimum atomic E-state index is -0.256. The first-order valence-corrected chi connectivity index (χ1v) is 7.42. The van der Waals surface area contributed by atoms with Crippen LogP contribution in [-0.2, 0) is 4.79 Å². The predicted molar refractivity (Wildman–Crippen MR) is 88.4 cm³/mol. The molecule has 23 heavy (non-hydrogen) atoms. The lowest BCUT2D eigenvalue weighted by atomic mass is 10.00. The van der Waals surface area contributed by atoms with Crippen molar-refractivity contribution in [2.24, 2.45) is 4.99 Å². The molecular formula is C18H18N2O3. The van der Waals surface area contributed by atoms with Gasteiger partial charge in [-0.15, -0.1) is 0 Å². The fourth-order valence-electron chi connectivity index (χ4n) is 2.37. The van der Waals surface area contributed by atoms with Crippen molar-refractivity contribution in [3.63, 3.8) is 0 Å². The highest BCUT2D eigenvalue weighted by molar-refractivity contribution is 6.19. The minimum Gasteiger partial charge on any atom is -0.496 e. The minimum absolute atomic E-state index is 0.256. The molecule has 0 spiro atoms. The first kappa shape index (κ1) is 15.1. The van der Waals surface area contributed by atoms with Crippen LogP contribution < -0.4 is 10.1 Å². The van der Waals surface area contributed by atoms with Crippen LogP contribution in [0.15, 0.2) is 51.7 Å². The molecule has 0 bridgehead atoms. The van der Waals surface area contributed by atoms with E-state index in [2.05, 4.69) is 24.2 Å². The molecule has 0 fully saturated rings. The van der Waals surface area contributed by atoms with Gasteiger partial charge in [-0.1, -0.05) is 19.9 Å². The first-order valence-electron chi connectivity index (χ1n) is 7.42. The van der Waals surface area contributed by atoms with Crippen molar-refractivity contribution < 1.29 is 13.9 Å². The lowest BCUT2D eigenvalue weighted by Gasteiger charge is -2.10. The average Bonchev–Trinajstić information content (AvgIpc) is 3.17. The molecule has 2 aromatic rings. The maximum atomic E-state index is 12.1. The summed E-state index contributed by atoms with van der Waals surface area (Å²) in [4.78, 5) is 16.5. The number of nitrogens with one attached hydrogen (secondary N) is 1. The van der Waals surface area contributed by atoms with E-state index in [4.69, 9.17) is 9.15 Å². The Morgan fingerprint density at radius 3 is 2.78 bits per heavy atom. The van der Waals surface area contributed by atoms with Gasteiger partial charge in [-0.2, -0.15) is 0 Å². The Morgan fingerprint density at radius 1 is 1.30 bits per heavy atom. The summed E-state index contributed by atoms with van der Waals surface area (Å²) in [5.41, 5.74) is 2.33. The van der Waals surface area contributed by atoms with Gasteiger partial charge < -0.3 is 14.5 Å². The fraction of sp³-hybridized carbons (Fsp3) is 0.222. The highest BCUT2D eigenvalue weighted by Gasteiger charge is 2.23. The summed E-state index contributed by atoms with van der Waals surface area (Å²) in [6.45, 7) is 4.24. The second kappa shape index (κ2) is 6.12. The number of aliphatic imine (C=N–C) groups is 1. The smallest absolute Gasteiger partial charge is 0.275 e. The van der Waals surface area contributed by atoms with Gasteiger partial charge in [0.15, 0.2) is 11.6 Å². The number of amides is 1. The molecule has 1 N–H and O–H groups in total. The molecule has 0 aliphatic carbocycles. The van der Waals surface area contributed by atoms with Crippen molar-refractivity contribution in [1.29, 1.82) is 0 Å². The molecule has 118 valence electrons. The molecule has 0 saturated carbocycles. The van der Waals surface area contributed by atoms with Crippen LogP contribution in [0.25, 0.3) is 6.08 Å². The van der Waals surface area contributed by atoms with Gasteiger partial charge in [0, 0.05) is 5.56 Å². The zero-order valence-corrected chi connectivity index (χ0v) is 13.3. The molecule has 0 saturated heterocycles. The number of nitrogens with zero attached hydrogens (tertiary/aromatic N) is 1. The van der Waals surface area contributed by atoms with Crippen molar-refractivity contribution in [2.75, 3.05) is 7.11 Å². The van der Waals surface area contributed by atoms with Crippen LogP contribution in [0.4, 0.5) is 0 Å². The van der Waals surface area contributed by atoms with Crippen molar-refractivity contribution in [1.82, 2.24) is 5.32 Å². The Labute approximate surface area is 134 Å². The molecule has 1 aromatic heterocycles. The summed E-state index contributed by atoms with van der Waals surface area (Å²) in [5, 5.41) is 2.71. The third-order valence-corrected chi connectivity index (χ3v) is 3.66. The maximum Gasteiger partial charge on any atom is 0.275 e. The van der Waals surface area contributed by atoms with Gasteiger partial charge in [0.2, 0.25) is 0 Å². The summed E-state index contributed by atoms with van der Waals surface area (Å²) in [7, 11) is 1.61. The second-order valence-electron chi connectivity index (χ2n) is 5.58. The number of amidine groups is 1. The van der Waals surface area contributed by atoms with E-state index in [-0.39, 0.29) is 5.91 Å². The molecular weight excluding hydrogens is 292 g/mol. The van der Waals surface area contributed by atoms with E-state index in [1.807, 2.05) is 18.2 Å². The normalized spacial score (nSPS) is 15.9. The maximum absolute atomic E-state index is 12.1. The molecule has 5 heteroatoms. The van der Waals surface area contributed by atoms with Crippen LogP contribution in [0.5, 0.6) is 5.75 Å². The first-order chi connectivity index (χ1) is 11.1. The van der Waals surface area contributed by atoms with Crippen LogP contribution in [0.1, 0.15) is 36.7 Å². The Balaban J connectivity index is 2.00. The van der Waals surface area contributed by atoms with E-state index in [1.54, 1.807) is 31.6 Å². The molecule has 2 heterocycles. The number of benzene rings is 1. The van der Waals surface area contributed by atoms with E-state index in [9.17, 15) is 4.79 Å². The molecule has 1 aromatic carbocycles. The van der Waals surface area contributed by atoms with Crippen LogP contribution >= 0.6 is 0 Å². The van der Waals surface area contributed by atoms with Crippen LogP contribution in [0, 0.1) is 0 Å². The van der Waals surface area contributed by atoms with Crippen LogP contribution in [0.2, 0.25) is 0 Å². The molecule has 1 aliphatic heterocycles. The molecule has 1 aliphatic rings. The summed E-state index contributed by atoms with van der Waals surface area (Å²) in [6, 6.07) is 9.45. The standard InChI is InChI=1S/C18H18N2O3/c1-11(2)12-6-7-15(22-3)13(9-12)10-14-18(21)20-17(19-14)16-5-4-8-23-16/h4-11H,1-3H3,(H,19,20,21)/b14-10-. The van der Waals surface area contributed by atoms with E-state index in [1.165, 1.54) is 5.56 Å². The van der Waals surface area contributed by atoms with Gasteiger partial charge >= 0.3 is 0 Å². The van der Waals surface area contributed by atoms with E-state index >= 15 is 0 Å². The third-order valence-electron chi connectivity index (χ3n) is 3.66. The number of hydrogen-bond acceptors (Lipinski definition) is 4. The third kappa shape index (κ3) is 3.04. The van der Waals surface area contributed by atoms with E-state index in [0.29, 0.717) is 29.0 Å². The number of carbonyl (C=O) groups is 1. The van der Waals surface area contributed by atoms with Crippen LogP contribution in [-0.4, -0.2) is 18.9 Å². The fourth-order valence-corrected chi connectivity index (χ4v) is 2.37. The molecule has 1 amide bonds. The summed E-state index contributed by atoms with van der Waals surface area (Å²) in [5.74, 6) is 1.79. The zero-order valence-electron chi connectivity index (χ0n) is 13.3. The summed E-state index contributed by atoms with van der Waals surface area (Å²) in [6.07, 6.45) is 3.27. The lowest BCUT2D eigenvalue weighted by Crippen LogP contribution is -2.24. The number of ether oxygens (including phenoxy) is 1. The number of carbonyl (C=O) groups excluding carboxylic acids is 1. The molecule has 5 nitrogen and oxygen atoms in total. The molecule has 0 atom stereocenters. The number of methoxy groups -OCH3 is 1. The highest BCUT2D eigenvalue weighted by atomic mass is 16.5. The van der Waals surface area contributed by atoms with Crippen molar-refractivity contribution in [2.45, 2.75) is 19.8 Å². The Morgan fingerprint density at radius 2 is 2.13 bits per heavy atom. The highest BCUT2D eigenvalue weighted by Crippen LogP contribution is 2.27. The quantitative estimate of drug-likeness (QED) is 0.881. The molecule has 0 radical (unpaired) electrons. The number of hydrogen-bond donors (Lipinski definition) is 1. The van der Waals surface area contributed by atoms with Gasteiger partial charge in [-0.3, -0.25) is 4.79 Å². The van der Waals surface area contributed by atoms with Gasteiger partial charge in [-0.25, -0.2) is 4.99 Å². The van der Waals surface area contributed by atoms with Gasteiger partial charge in [0.05, 0.1) is 13.4 Å². The largest absolute Gasteiger partial charge is 0.496 e. The van der Waals surface area contributed by atoms with Crippen molar-refractivity contribution in [3.05, 3.63) is 59.2 Å². The zero-order chi connectivity index (χ0) is 16.4. The van der Waals surface area contributed by atoms with E-state index < -0.39 is 0 Å². The van der Waals surface area contributed by atoms with Crippen LogP contribution in [0.3, 0.4) is 0 Å². The van der Waals surface area contributed by atoms with Gasteiger partial charge in [-0.05, 0) is 41.8 Å². The van der Waals surface area contributed by atoms with E-state index in [0.717, 1.165) is 5.56 Å². The monoisotopic (exact) mass is 310 g/mol. The summed E-state index contributed by atoms with van der Waals surface area (Å²) >= 11 is 0. The Kier molecular flexibility index (Phi) is 4.02. The number of furan rings is 1. The summed E-state index contributed by atoms with van der Waals surface area (Å²) < 4.78 is 10.6. The Hall–Kier alpha value is -2.82. The van der Waals surface area contributed by atoms with Gasteiger partial charge in [0.1, 0.15) is 11.4 Å². The van der Waals surface area contributed by atoms with Crippen molar-refractivity contribution >= 4 is 17.8 Å². The SMILES string of the molecule is COc1ccc(C(C)C)cc1/C=C1\N=C(c2ccco2)NC1=O. The average molecular weight is 310 g/mol. The Bertz CT molecular complexity index is 787.